The number of nitrogens with two attached hydrogens (primary N) is 1. The van der Waals surface area contributed by atoms with Crippen molar-refractivity contribution in [2.24, 2.45) is 5.84 Å². The van der Waals surface area contributed by atoms with Gasteiger partial charge in [0.25, 0.3) is 0 Å². The molecule has 1 heterocycles. The number of nitrogen functional groups attached to an aromatic ring is 1. The Hall–Kier alpha value is -1.07. The summed E-state index contributed by atoms with van der Waals surface area (Å²) in [5.41, 5.74) is 4.63. The van der Waals surface area contributed by atoms with Crippen molar-refractivity contribution in [2.75, 3.05) is 5.43 Å². The Morgan fingerprint density at radius 1 is 1.47 bits per heavy atom. The zero-order valence-corrected chi connectivity index (χ0v) is 10.2. The second kappa shape index (κ2) is 3.83. The van der Waals surface area contributed by atoms with Crippen LogP contribution in [0.2, 0.25) is 0 Å². The van der Waals surface area contributed by atoms with Crippen LogP contribution < -0.4 is 11.3 Å². The number of aromatic nitrogens is 2. The Morgan fingerprint density at radius 3 is 2.80 bits per heavy atom. The van der Waals surface area contributed by atoms with Crippen LogP contribution in [0, 0.1) is 0 Å². The standard InChI is InChI=1S/C10H13BrN4/c1-6(2)15-9-7(11)4-3-5-8(9)13-10(15)14-12/h3-6H,12H2,1-2H3,(H,13,14). The lowest BCUT2D eigenvalue weighted by molar-refractivity contribution is 0.622. The molecule has 4 nitrogen and oxygen atoms in total. The van der Waals surface area contributed by atoms with E-state index in [-0.39, 0.29) is 0 Å². The van der Waals surface area contributed by atoms with Gasteiger partial charge in [-0.3, -0.25) is 5.43 Å². The smallest absolute Gasteiger partial charge is 0.218 e. The van der Waals surface area contributed by atoms with Crippen LogP contribution in [0.1, 0.15) is 19.9 Å². The molecule has 0 spiro atoms. The number of anilines is 1. The maximum Gasteiger partial charge on any atom is 0.218 e. The average molecular weight is 269 g/mol. The van der Waals surface area contributed by atoms with Gasteiger partial charge >= 0.3 is 0 Å². The first-order valence-electron chi connectivity index (χ1n) is 4.78. The number of nitrogens with one attached hydrogen (secondary N) is 1. The summed E-state index contributed by atoms with van der Waals surface area (Å²) in [6, 6.07) is 6.24. The number of imidazole rings is 1. The van der Waals surface area contributed by atoms with E-state index in [9.17, 15) is 0 Å². The van der Waals surface area contributed by atoms with Gasteiger partial charge in [-0.05, 0) is 41.9 Å². The quantitative estimate of drug-likeness (QED) is 0.651. The Labute approximate surface area is 96.6 Å². The molecule has 0 aliphatic rings. The first-order chi connectivity index (χ1) is 7.15. The van der Waals surface area contributed by atoms with Crippen LogP contribution in [-0.2, 0) is 0 Å². The summed E-state index contributed by atoms with van der Waals surface area (Å²) in [7, 11) is 0. The molecule has 1 aromatic carbocycles. The molecule has 2 aromatic rings. The fourth-order valence-corrected chi connectivity index (χ4v) is 2.26. The molecule has 0 bridgehead atoms. The van der Waals surface area contributed by atoms with Crippen LogP contribution in [-0.4, -0.2) is 9.55 Å². The van der Waals surface area contributed by atoms with Crippen molar-refractivity contribution in [1.82, 2.24) is 9.55 Å². The highest BCUT2D eigenvalue weighted by atomic mass is 79.9. The maximum absolute atomic E-state index is 5.45. The van der Waals surface area contributed by atoms with Crippen LogP contribution in [0.5, 0.6) is 0 Å². The zero-order chi connectivity index (χ0) is 11.0. The number of nitrogens with zero attached hydrogens (tertiary/aromatic N) is 2. The molecule has 5 heteroatoms. The zero-order valence-electron chi connectivity index (χ0n) is 8.66. The van der Waals surface area contributed by atoms with Gasteiger partial charge in [0.05, 0.1) is 11.0 Å². The van der Waals surface area contributed by atoms with Gasteiger partial charge in [0.1, 0.15) is 0 Å². The van der Waals surface area contributed by atoms with Crippen LogP contribution >= 0.6 is 15.9 Å². The number of fused-ring (bicyclic) bond motifs is 1. The third-order valence-electron chi connectivity index (χ3n) is 2.31. The topological polar surface area (TPSA) is 55.9 Å². The van der Waals surface area contributed by atoms with Gasteiger partial charge < -0.3 is 4.57 Å². The van der Waals surface area contributed by atoms with E-state index in [0.29, 0.717) is 12.0 Å². The SMILES string of the molecule is CC(C)n1c(NN)nc2cccc(Br)c21. The molecule has 1 aromatic heterocycles. The molecular formula is C10H13BrN4. The van der Waals surface area contributed by atoms with E-state index >= 15 is 0 Å². The predicted octanol–water partition coefficient (Wildman–Crippen LogP) is 2.67. The summed E-state index contributed by atoms with van der Waals surface area (Å²) in [5.74, 6) is 6.14. The van der Waals surface area contributed by atoms with Crippen molar-refractivity contribution < 1.29 is 0 Å². The van der Waals surface area contributed by atoms with E-state index < -0.39 is 0 Å². The molecule has 0 saturated heterocycles. The Bertz CT molecular complexity index is 489. The summed E-state index contributed by atoms with van der Waals surface area (Å²) in [4.78, 5) is 4.41. The lowest BCUT2D eigenvalue weighted by atomic mass is 10.3. The fourth-order valence-electron chi connectivity index (χ4n) is 1.71. The van der Waals surface area contributed by atoms with Crippen molar-refractivity contribution in [3.63, 3.8) is 0 Å². The summed E-state index contributed by atoms with van der Waals surface area (Å²) in [5, 5.41) is 0. The molecule has 0 unspecified atom stereocenters. The summed E-state index contributed by atoms with van der Waals surface area (Å²) in [6.07, 6.45) is 0. The highest BCUT2D eigenvalue weighted by molar-refractivity contribution is 9.10. The average Bonchev–Trinajstić information content (AvgIpc) is 2.57. The van der Waals surface area contributed by atoms with Crippen LogP contribution in [0.3, 0.4) is 0 Å². The Balaban J connectivity index is 2.82. The summed E-state index contributed by atoms with van der Waals surface area (Å²) >= 11 is 3.53. The van der Waals surface area contributed by atoms with Gasteiger partial charge in [0.2, 0.25) is 5.95 Å². The molecule has 0 amide bonds. The van der Waals surface area contributed by atoms with Gasteiger partial charge in [-0.2, -0.15) is 0 Å². The first kappa shape index (κ1) is 10.4. The molecule has 80 valence electrons. The number of halogens is 1. The first-order valence-corrected chi connectivity index (χ1v) is 5.57. The van der Waals surface area contributed by atoms with E-state index in [2.05, 4.69) is 44.8 Å². The van der Waals surface area contributed by atoms with Gasteiger partial charge in [-0.1, -0.05) is 6.07 Å². The molecular weight excluding hydrogens is 256 g/mol. The normalized spacial score (nSPS) is 11.3. The number of hydrazine groups is 1. The number of hydrogen-bond donors (Lipinski definition) is 2. The monoisotopic (exact) mass is 268 g/mol. The van der Waals surface area contributed by atoms with Gasteiger partial charge in [0, 0.05) is 10.5 Å². The van der Waals surface area contributed by atoms with Crippen molar-refractivity contribution in [1.29, 1.82) is 0 Å². The molecule has 3 N–H and O–H groups in total. The molecule has 0 saturated carbocycles. The minimum Gasteiger partial charge on any atom is -0.306 e. The molecule has 0 aliphatic heterocycles. The molecule has 0 aliphatic carbocycles. The largest absolute Gasteiger partial charge is 0.306 e. The molecule has 2 rings (SSSR count). The summed E-state index contributed by atoms with van der Waals surface area (Å²) < 4.78 is 3.10. The molecule has 0 radical (unpaired) electrons. The minimum absolute atomic E-state index is 0.305. The van der Waals surface area contributed by atoms with Gasteiger partial charge in [-0.15, -0.1) is 0 Å². The minimum atomic E-state index is 0.305. The predicted molar refractivity (Wildman–Crippen MR) is 65.6 cm³/mol. The van der Waals surface area contributed by atoms with Crippen LogP contribution in [0.4, 0.5) is 5.95 Å². The highest BCUT2D eigenvalue weighted by Crippen LogP contribution is 2.29. The number of hydrogen-bond acceptors (Lipinski definition) is 3. The lowest BCUT2D eigenvalue weighted by Crippen LogP contribution is -2.14. The van der Waals surface area contributed by atoms with E-state index in [4.69, 9.17) is 5.84 Å². The second-order valence-electron chi connectivity index (χ2n) is 3.65. The molecule has 0 fully saturated rings. The third kappa shape index (κ3) is 1.61. The van der Waals surface area contributed by atoms with Gasteiger partial charge in [0.15, 0.2) is 0 Å². The van der Waals surface area contributed by atoms with E-state index in [1.54, 1.807) is 0 Å². The lowest BCUT2D eigenvalue weighted by Gasteiger charge is -2.12. The molecule has 0 atom stereocenters. The van der Waals surface area contributed by atoms with E-state index in [0.717, 1.165) is 15.5 Å². The number of benzene rings is 1. The van der Waals surface area contributed by atoms with Crippen molar-refractivity contribution >= 4 is 32.9 Å². The van der Waals surface area contributed by atoms with E-state index in [1.807, 2.05) is 18.2 Å². The van der Waals surface area contributed by atoms with Crippen molar-refractivity contribution in [2.45, 2.75) is 19.9 Å². The van der Waals surface area contributed by atoms with Crippen molar-refractivity contribution in [3.8, 4) is 0 Å². The fraction of sp³-hybridized carbons (Fsp3) is 0.300. The Morgan fingerprint density at radius 2 is 2.20 bits per heavy atom. The number of para-hydroxylation sites is 1. The van der Waals surface area contributed by atoms with E-state index in [1.165, 1.54) is 0 Å². The van der Waals surface area contributed by atoms with Crippen LogP contribution in [0.15, 0.2) is 22.7 Å². The van der Waals surface area contributed by atoms with Crippen LogP contribution in [0.25, 0.3) is 11.0 Å². The Kier molecular flexibility index (Phi) is 2.67. The van der Waals surface area contributed by atoms with Gasteiger partial charge in [-0.25, -0.2) is 10.8 Å². The van der Waals surface area contributed by atoms with Crippen molar-refractivity contribution in [3.05, 3.63) is 22.7 Å². The third-order valence-corrected chi connectivity index (χ3v) is 2.95. The maximum atomic E-state index is 5.45. The number of rotatable bonds is 2. The second-order valence-corrected chi connectivity index (χ2v) is 4.51. The highest BCUT2D eigenvalue weighted by Gasteiger charge is 2.14. The molecule has 15 heavy (non-hydrogen) atoms. The summed E-state index contributed by atoms with van der Waals surface area (Å²) in [6.45, 7) is 4.20.